The summed E-state index contributed by atoms with van der Waals surface area (Å²) in [5, 5.41) is 17.6. The molecule has 11 heteroatoms. The first-order chi connectivity index (χ1) is 11.9. The lowest BCUT2D eigenvalue weighted by molar-refractivity contribution is -0.144. The zero-order valence-electron chi connectivity index (χ0n) is 14.2. The van der Waals surface area contributed by atoms with Crippen molar-refractivity contribution in [3.05, 3.63) is 0 Å². The highest BCUT2D eigenvalue weighted by Gasteiger charge is 2.15. The monoisotopic (exact) mass is 363 g/mol. The van der Waals surface area contributed by atoms with Crippen molar-refractivity contribution >= 4 is 24.9 Å². The van der Waals surface area contributed by atoms with Crippen LogP contribution in [-0.4, -0.2) is 109 Å². The fourth-order valence-corrected chi connectivity index (χ4v) is 2.03. The van der Waals surface area contributed by atoms with Gasteiger partial charge in [0, 0.05) is 26.2 Å². The Morgan fingerprint density at radius 1 is 0.800 bits per heavy atom. The highest BCUT2D eigenvalue weighted by Crippen LogP contribution is 1.96. The molecule has 0 amide bonds. The van der Waals surface area contributed by atoms with E-state index in [1.165, 1.54) is 4.90 Å². The Balaban J connectivity index is 4.42. The van der Waals surface area contributed by atoms with Gasteiger partial charge in [0.1, 0.15) is 13.5 Å². The van der Waals surface area contributed by atoms with Gasteiger partial charge in [0.25, 0.3) is 12.9 Å². The van der Waals surface area contributed by atoms with Crippen LogP contribution in [0.4, 0.5) is 0 Å². The molecule has 0 aliphatic carbocycles. The quantitative estimate of drug-likeness (QED) is 0.227. The van der Waals surface area contributed by atoms with E-state index in [4.69, 9.17) is 10.2 Å². The summed E-state index contributed by atoms with van der Waals surface area (Å²) in [6.07, 6.45) is 0. The number of aliphatic carboxylic acids is 2. The summed E-state index contributed by atoms with van der Waals surface area (Å²) in [7, 11) is 0. The van der Waals surface area contributed by atoms with Crippen LogP contribution in [-0.2, 0) is 28.7 Å². The molecule has 2 N–H and O–H groups in total. The van der Waals surface area contributed by atoms with Gasteiger partial charge in [-0.05, 0) is 6.54 Å². The van der Waals surface area contributed by atoms with E-state index in [-0.39, 0.29) is 33.1 Å². The van der Waals surface area contributed by atoms with Crippen molar-refractivity contribution in [2.24, 2.45) is 0 Å². The van der Waals surface area contributed by atoms with E-state index in [2.05, 4.69) is 9.47 Å². The van der Waals surface area contributed by atoms with Crippen LogP contribution in [0.15, 0.2) is 0 Å². The van der Waals surface area contributed by atoms with E-state index in [0.29, 0.717) is 39.1 Å². The minimum absolute atomic E-state index is 0.0287. The smallest absolute Gasteiger partial charge is 0.317 e. The van der Waals surface area contributed by atoms with Crippen LogP contribution in [0, 0.1) is 0 Å². The predicted molar refractivity (Wildman–Crippen MR) is 84.6 cm³/mol. The summed E-state index contributed by atoms with van der Waals surface area (Å²) in [6, 6.07) is 0. The van der Waals surface area contributed by atoms with Crippen LogP contribution >= 0.6 is 0 Å². The second-order valence-corrected chi connectivity index (χ2v) is 5.11. The molecule has 0 rings (SSSR count). The predicted octanol–water partition coefficient (Wildman–Crippen LogP) is -1.66. The van der Waals surface area contributed by atoms with Gasteiger partial charge < -0.3 is 24.6 Å². The van der Waals surface area contributed by atoms with Crippen molar-refractivity contribution < 1.29 is 38.9 Å². The molecule has 0 saturated heterocycles. The molecule has 0 fully saturated rings. The second-order valence-electron chi connectivity index (χ2n) is 5.11. The van der Waals surface area contributed by atoms with Crippen LogP contribution in [0.3, 0.4) is 0 Å². The van der Waals surface area contributed by atoms with Gasteiger partial charge in [-0.25, -0.2) is 4.90 Å². The molecular weight excluding hydrogens is 338 g/mol. The maximum atomic E-state index is 10.8. The molecule has 11 nitrogen and oxygen atoms in total. The minimum Gasteiger partial charge on any atom is -0.480 e. The SMILES string of the molecule is CCN(CCN(COC=O)COC=O)CCN(CC(=O)O)CC(=O)O. The molecule has 25 heavy (non-hydrogen) atoms. The molecule has 0 spiro atoms. The molecular formula is C14H25N3O8. The van der Waals surface area contributed by atoms with Crippen molar-refractivity contribution in [1.82, 2.24) is 14.7 Å². The van der Waals surface area contributed by atoms with Crippen molar-refractivity contribution in [3.63, 3.8) is 0 Å². The Kier molecular flexibility index (Phi) is 12.9. The molecule has 0 aliphatic heterocycles. The molecule has 0 aromatic heterocycles. The van der Waals surface area contributed by atoms with E-state index in [9.17, 15) is 19.2 Å². The van der Waals surface area contributed by atoms with Gasteiger partial charge in [0.15, 0.2) is 0 Å². The van der Waals surface area contributed by atoms with E-state index < -0.39 is 11.9 Å². The number of likely N-dealkylation sites (N-methyl/N-ethyl adjacent to an activating group) is 1. The summed E-state index contributed by atoms with van der Waals surface area (Å²) in [5.41, 5.74) is 0. The van der Waals surface area contributed by atoms with Crippen molar-refractivity contribution in [2.45, 2.75) is 6.92 Å². The van der Waals surface area contributed by atoms with Gasteiger partial charge in [-0.3, -0.25) is 24.1 Å². The Hall–Kier alpha value is -2.24. The summed E-state index contributed by atoms with van der Waals surface area (Å²) in [5.74, 6) is -2.18. The molecule has 0 saturated carbocycles. The summed E-state index contributed by atoms with van der Waals surface area (Å²) >= 11 is 0. The van der Waals surface area contributed by atoms with Crippen LogP contribution in [0.25, 0.3) is 0 Å². The molecule has 0 aromatic carbocycles. The van der Waals surface area contributed by atoms with Crippen molar-refractivity contribution in [2.75, 3.05) is 59.3 Å². The average molecular weight is 363 g/mol. The highest BCUT2D eigenvalue weighted by atomic mass is 16.6. The van der Waals surface area contributed by atoms with Crippen LogP contribution in [0.1, 0.15) is 6.92 Å². The van der Waals surface area contributed by atoms with Crippen LogP contribution < -0.4 is 0 Å². The molecule has 0 heterocycles. The number of carbonyl (C=O) groups is 4. The largest absolute Gasteiger partial charge is 0.480 e. The third-order valence-corrected chi connectivity index (χ3v) is 3.28. The first-order valence-corrected chi connectivity index (χ1v) is 7.64. The Morgan fingerprint density at radius 3 is 1.56 bits per heavy atom. The first-order valence-electron chi connectivity index (χ1n) is 7.64. The van der Waals surface area contributed by atoms with E-state index in [1.807, 2.05) is 11.8 Å². The topological polar surface area (TPSA) is 137 Å². The minimum atomic E-state index is -1.09. The second kappa shape index (κ2) is 14.1. The number of carbonyl (C=O) groups excluding carboxylic acids is 2. The fraction of sp³-hybridized carbons (Fsp3) is 0.714. The molecule has 144 valence electrons. The normalized spacial score (nSPS) is 10.9. The lowest BCUT2D eigenvalue weighted by Gasteiger charge is -2.27. The zero-order chi connectivity index (χ0) is 19.1. The first kappa shape index (κ1) is 22.8. The van der Waals surface area contributed by atoms with Gasteiger partial charge in [-0.1, -0.05) is 6.92 Å². The zero-order valence-corrected chi connectivity index (χ0v) is 14.2. The third kappa shape index (κ3) is 12.8. The standard InChI is InChI=1S/C14H25N3O8/c1-2-15(3-5-16(7-13(20)21)8-14(22)23)4-6-17(9-24-11-18)10-25-12-19/h11-12H,2-10H2,1H3,(H,20,21)(H,22,23). The highest BCUT2D eigenvalue weighted by molar-refractivity contribution is 5.72. The maximum Gasteiger partial charge on any atom is 0.317 e. The number of carboxylic acids is 2. The Morgan fingerprint density at radius 2 is 1.20 bits per heavy atom. The Bertz CT molecular complexity index is 393. The molecule has 0 radical (unpaired) electrons. The third-order valence-electron chi connectivity index (χ3n) is 3.28. The van der Waals surface area contributed by atoms with Gasteiger partial charge in [-0.15, -0.1) is 0 Å². The maximum absolute atomic E-state index is 10.8. The van der Waals surface area contributed by atoms with Crippen LogP contribution in [0.2, 0.25) is 0 Å². The molecule has 0 aromatic rings. The molecule has 0 aliphatic rings. The number of carboxylic acid groups (broad SMARTS) is 2. The van der Waals surface area contributed by atoms with Gasteiger partial charge in [-0.2, -0.15) is 0 Å². The van der Waals surface area contributed by atoms with Crippen molar-refractivity contribution in [1.29, 1.82) is 0 Å². The van der Waals surface area contributed by atoms with Crippen LogP contribution in [0.5, 0.6) is 0 Å². The lowest BCUT2D eigenvalue weighted by Crippen LogP contribution is -2.43. The number of rotatable bonds is 17. The summed E-state index contributed by atoms with van der Waals surface area (Å²) < 4.78 is 9.27. The van der Waals surface area contributed by atoms with E-state index in [1.54, 1.807) is 4.90 Å². The molecule has 0 unspecified atom stereocenters. The number of hydrogen-bond acceptors (Lipinski definition) is 9. The van der Waals surface area contributed by atoms with Crippen molar-refractivity contribution in [3.8, 4) is 0 Å². The van der Waals surface area contributed by atoms with Gasteiger partial charge >= 0.3 is 11.9 Å². The molecule has 0 bridgehead atoms. The number of hydrogen-bond donors (Lipinski definition) is 2. The van der Waals surface area contributed by atoms with Gasteiger partial charge in [0.05, 0.1) is 13.1 Å². The Labute approximate surface area is 145 Å². The lowest BCUT2D eigenvalue weighted by atomic mass is 10.4. The summed E-state index contributed by atoms with van der Waals surface area (Å²) in [6.45, 7) is 4.11. The van der Waals surface area contributed by atoms with E-state index >= 15 is 0 Å². The summed E-state index contributed by atoms with van der Waals surface area (Å²) in [4.78, 5) is 47.0. The molecule has 0 atom stereocenters. The number of nitrogens with zero attached hydrogens (tertiary/aromatic N) is 3. The van der Waals surface area contributed by atoms with E-state index in [0.717, 1.165) is 0 Å². The number of ether oxygens (including phenoxy) is 2. The average Bonchev–Trinajstić information content (AvgIpc) is 2.55. The van der Waals surface area contributed by atoms with Gasteiger partial charge in [0.2, 0.25) is 0 Å². The fourth-order valence-electron chi connectivity index (χ4n) is 2.03.